The predicted octanol–water partition coefficient (Wildman–Crippen LogP) is 3.79. The number of hydrogen-bond donors (Lipinski definition) is 1. The summed E-state index contributed by atoms with van der Waals surface area (Å²) in [4.78, 5) is 0.394. The van der Waals surface area contributed by atoms with Crippen LogP contribution in [0.25, 0.3) is 0 Å². The minimum Gasteiger partial charge on any atom is -0.381 e. The van der Waals surface area contributed by atoms with Crippen LogP contribution in [0.5, 0.6) is 0 Å². The van der Waals surface area contributed by atoms with E-state index in [0.717, 1.165) is 12.2 Å². The second kappa shape index (κ2) is 6.76. The van der Waals surface area contributed by atoms with E-state index < -0.39 is 9.84 Å². The van der Waals surface area contributed by atoms with Gasteiger partial charge in [-0.2, -0.15) is 0 Å². The molecule has 0 aliphatic rings. The summed E-state index contributed by atoms with van der Waals surface area (Å²) in [5, 5.41) is 3.30. The number of benzene rings is 2. The van der Waals surface area contributed by atoms with E-state index in [2.05, 4.69) is 30.4 Å². The van der Waals surface area contributed by atoms with E-state index in [9.17, 15) is 8.42 Å². The first kappa shape index (κ1) is 15.6. The molecule has 0 fully saturated rings. The molecule has 0 saturated heterocycles. The van der Waals surface area contributed by atoms with Gasteiger partial charge in [-0.3, -0.25) is 0 Å². The SMILES string of the molecule is CCCS(=O)(=O)c1ccc(NCc2cccc(C)c2)cc1. The number of nitrogens with one attached hydrogen (secondary N) is 1. The molecule has 21 heavy (non-hydrogen) atoms. The summed E-state index contributed by atoms with van der Waals surface area (Å²) in [5.74, 6) is 0.197. The zero-order valence-corrected chi connectivity index (χ0v) is 13.3. The Balaban J connectivity index is 2.03. The lowest BCUT2D eigenvalue weighted by Gasteiger charge is -2.08. The van der Waals surface area contributed by atoms with Crippen molar-refractivity contribution in [3.05, 3.63) is 59.7 Å². The maximum atomic E-state index is 11.9. The molecule has 0 radical (unpaired) electrons. The molecule has 0 saturated carbocycles. The molecule has 2 aromatic rings. The predicted molar refractivity (Wildman–Crippen MR) is 87.3 cm³/mol. The molecule has 2 aromatic carbocycles. The van der Waals surface area contributed by atoms with Crippen LogP contribution in [0.1, 0.15) is 24.5 Å². The molecule has 1 N–H and O–H groups in total. The fourth-order valence-corrected chi connectivity index (χ4v) is 3.52. The molecule has 0 unspecified atom stereocenters. The van der Waals surface area contributed by atoms with Crippen LogP contribution < -0.4 is 5.32 Å². The summed E-state index contributed by atoms with van der Waals surface area (Å²) in [6.07, 6.45) is 0.635. The molecule has 0 aliphatic carbocycles. The summed E-state index contributed by atoms with van der Waals surface area (Å²) in [5.41, 5.74) is 3.36. The Kier molecular flexibility index (Phi) is 5.02. The maximum Gasteiger partial charge on any atom is 0.178 e. The Morgan fingerprint density at radius 2 is 1.76 bits per heavy atom. The molecule has 2 rings (SSSR count). The van der Waals surface area contributed by atoms with Crippen molar-refractivity contribution in [1.29, 1.82) is 0 Å². The largest absolute Gasteiger partial charge is 0.381 e. The average Bonchev–Trinajstić information content (AvgIpc) is 2.46. The van der Waals surface area contributed by atoms with E-state index in [1.165, 1.54) is 11.1 Å². The Labute approximate surface area is 126 Å². The zero-order chi connectivity index (χ0) is 15.3. The third-order valence-corrected chi connectivity index (χ3v) is 5.20. The maximum absolute atomic E-state index is 11.9. The van der Waals surface area contributed by atoms with Gasteiger partial charge >= 0.3 is 0 Å². The number of rotatable bonds is 6. The highest BCUT2D eigenvalue weighted by Crippen LogP contribution is 2.17. The van der Waals surface area contributed by atoms with Gasteiger partial charge in [-0.05, 0) is 43.2 Å². The van der Waals surface area contributed by atoms with Gasteiger partial charge in [0.1, 0.15) is 0 Å². The molecule has 0 spiro atoms. The van der Waals surface area contributed by atoms with Crippen molar-refractivity contribution in [2.24, 2.45) is 0 Å². The lowest BCUT2D eigenvalue weighted by molar-refractivity contribution is 0.595. The monoisotopic (exact) mass is 303 g/mol. The number of sulfone groups is 1. The number of hydrogen-bond acceptors (Lipinski definition) is 3. The third kappa shape index (κ3) is 4.33. The van der Waals surface area contributed by atoms with Gasteiger partial charge in [-0.1, -0.05) is 36.8 Å². The molecule has 0 amide bonds. The van der Waals surface area contributed by atoms with Crippen molar-refractivity contribution in [3.8, 4) is 0 Å². The summed E-state index contributed by atoms with van der Waals surface area (Å²) < 4.78 is 23.9. The Morgan fingerprint density at radius 3 is 2.38 bits per heavy atom. The van der Waals surface area contributed by atoms with E-state index in [0.29, 0.717) is 11.3 Å². The smallest absolute Gasteiger partial charge is 0.178 e. The van der Waals surface area contributed by atoms with Crippen LogP contribution in [0, 0.1) is 6.92 Å². The summed E-state index contributed by atoms with van der Waals surface area (Å²) in [6.45, 7) is 4.66. The first-order valence-corrected chi connectivity index (χ1v) is 8.79. The first-order valence-electron chi connectivity index (χ1n) is 7.13. The summed E-state index contributed by atoms with van der Waals surface area (Å²) in [7, 11) is -3.13. The number of aryl methyl sites for hydroxylation is 1. The Hall–Kier alpha value is -1.81. The quantitative estimate of drug-likeness (QED) is 0.883. The minimum absolute atomic E-state index is 0.197. The fourth-order valence-electron chi connectivity index (χ4n) is 2.19. The van der Waals surface area contributed by atoms with Crippen LogP contribution in [0.15, 0.2) is 53.4 Å². The molecule has 0 atom stereocenters. The second-order valence-electron chi connectivity index (χ2n) is 5.19. The molecule has 3 nitrogen and oxygen atoms in total. The number of anilines is 1. The molecule has 4 heteroatoms. The van der Waals surface area contributed by atoms with Crippen LogP contribution in [0.4, 0.5) is 5.69 Å². The normalized spacial score (nSPS) is 11.3. The van der Waals surface area contributed by atoms with E-state index >= 15 is 0 Å². The van der Waals surface area contributed by atoms with E-state index in [4.69, 9.17) is 0 Å². The van der Waals surface area contributed by atoms with Crippen LogP contribution in [-0.2, 0) is 16.4 Å². The molecule has 0 heterocycles. The summed E-state index contributed by atoms with van der Waals surface area (Å²) in [6, 6.07) is 15.3. The van der Waals surface area contributed by atoms with Crippen molar-refractivity contribution >= 4 is 15.5 Å². The lowest BCUT2D eigenvalue weighted by atomic mass is 10.1. The minimum atomic E-state index is -3.13. The fraction of sp³-hybridized carbons (Fsp3) is 0.294. The van der Waals surface area contributed by atoms with Gasteiger partial charge in [0.05, 0.1) is 10.6 Å². The molecular weight excluding hydrogens is 282 g/mol. The van der Waals surface area contributed by atoms with Gasteiger partial charge in [0, 0.05) is 12.2 Å². The molecule has 0 aliphatic heterocycles. The van der Waals surface area contributed by atoms with Gasteiger partial charge in [-0.15, -0.1) is 0 Å². The van der Waals surface area contributed by atoms with Gasteiger partial charge in [-0.25, -0.2) is 8.42 Å². The van der Waals surface area contributed by atoms with E-state index in [1.54, 1.807) is 12.1 Å². The van der Waals surface area contributed by atoms with Crippen molar-refractivity contribution < 1.29 is 8.42 Å². The van der Waals surface area contributed by atoms with E-state index in [1.807, 2.05) is 25.1 Å². The highest BCUT2D eigenvalue weighted by Gasteiger charge is 2.12. The van der Waals surface area contributed by atoms with Crippen molar-refractivity contribution in [3.63, 3.8) is 0 Å². The second-order valence-corrected chi connectivity index (χ2v) is 7.30. The highest BCUT2D eigenvalue weighted by molar-refractivity contribution is 7.91. The van der Waals surface area contributed by atoms with Crippen molar-refractivity contribution in [1.82, 2.24) is 0 Å². The topological polar surface area (TPSA) is 46.2 Å². The van der Waals surface area contributed by atoms with Crippen molar-refractivity contribution in [2.75, 3.05) is 11.1 Å². The Morgan fingerprint density at radius 1 is 1.05 bits per heavy atom. The van der Waals surface area contributed by atoms with Crippen LogP contribution in [0.2, 0.25) is 0 Å². The van der Waals surface area contributed by atoms with Gasteiger partial charge in [0.15, 0.2) is 9.84 Å². The molecule has 0 bridgehead atoms. The standard InChI is InChI=1S/C17H21NO2S/c1-3-11-21(19,20)17-9-7-16(8-10-17)18-13-15-6-4-5-14(2)12-15/h4-10,12,18H,3,11,13H2,1-2H3. The molecular formula is C17H21NO2S. The Bertz CT molecular complexity index is 691. The van der Waals surface area contributed by atoms with Gasteiger partial charge in [0.25, 0.3) is 0 Å². The van der Waals surface area contributed by atoms with Gasteiger partial charge < -0.3 is 5.32 Å². The van der Waals surface area contributed by atoms with Crippen LogP contribution in [-0.4, -0.2) is 14.2 Å². The van der Waals surface area contributed by atoms with Gasteiger partial charge in [0.2, 0.25) is 0 Å². The van der Waals surface area contributed by atoms with Crippen LogP contribution in [0.3, 0.4) is 0 Å². The van der Waals surface area contributed by atoms with E-state index in [-0.39, 0.29) is 5.75 Å². The third-order valence-electron chi connectivity index (χ3n) is 3.27. The zero-order valence-electron chi connectivity index (χ0n) is 12.5. The highest BCUT2D eigenvalue weighted by atomic mass is 32.2. The molecule has 0 aromatic heterocycles. The lowest BCUT2D eigenvalue weighted by Crippen LogP contribution is -2.06. The average molecular weight is 303 g/mol. The first-order chi connectivity index (χ1) is 10.0. The van der Waals surface area contributed by atoms with Crippen molar-refractivity contribution in [2.45, 2.75) is 31.7 Å². The summed E-state index contributed by atoms with van der Waals surface area (Å²) >= 11 is 0. The molecule has 112 valence electrons. The van der Waals surface area contributed by atoms with Crippen LogP contribution >= 0.6 is 0 Å².